The van der Waals surface area contributed by atoms with Crippen LogP contribution in [-0.2, 0) is 0 Å². The molecule has 0 saturated carbocycles. The van der Waals surface area contributed by atoms with Crippen LogP contribution in [0.15, 0.2) is 42.7 Å². The van der Waals surface area contributed by atoms with Crippen LogP contribution >= 0.6 is 0 Å². The summed E-state index contributed by atoms with van der Waals surface area (Å²) >= 11 is 0. The lowest BCUT2D eigenvalue weighted by Crippen LogP contribution is -2.51. The Labute approximate surface area is 124 Å². The Kier molecular flexibility index (Phi) is 3.92. The number of carbonyl (C=O) groups excluding carboxylic acids is 1. The first-order valence-electron chi connectivity index (χ1n) is 7.10. The number of rotatable bonds is 4. The van der Waals surface area contributed by atoms with E-state index in [1.54, 1.807) is 18.5 Å². The molecule has 5 heteroatoms. The first kappa shape index (κ1) is 13.7. The molecule has 3 heterocycles. The summed E-state index contributed by atoms with van der Waals surface area (Å²) in [5.74, 6) is -0.124. The van der Waals surface area contributed by atoms with Crippen molar-refractivity contribution in [1.82, 2.24) is 20.2 Å². The third-order valence-electron chi connectivity index (χ3n) is 3.88. The molecule has 1 aliphatic rings. The summed E-state index contributed by atoms with van der Waals surface area (Å²) in [6, 6.07) is 9.71. The average Bonchev–Trinajstić information content (AvgIpc) is 2.54. The molecule has 1 atom stereocenters. The molecule has 1 fully saturated rings. The van der Waals surface area contributed by atoms with Crippen molar-refractivity contribution in [1.29, 1.82) is 0 Å². The van der Waals surface area contributed by atoms with Crippen LogP contribution in [-0.4, -0.2) is 47.0 Å². The molecule has 0 bridgehead atoms. The number of carbonyl (C=O) groups is 1. The van der Waals surface area contributed by atoms with Crippen LogP contribution in [0.1, 0.15) is 16.9 Å². The minimum Gasteiger partial charge on any atom is -0.349 e. The van der Waals surface area contributed by atoms with E-state index in [2.05, 4.69) is 27.2 Å². The largest absolute Gasteiger partial charge is 0.349 e. The first-order chi connectivity index (χ1) is 10.2. The van der Waals surface area contributed by atoms with E-state index in [1.165, 1.54) is 0 Å². The van der Waals surface area contributed by atoms with Crippen LogP contribution in [0, 0.1) is 0 Å². The van der Waals surface area contributed by atoms with E-state index in [1.807, 2.05) is 24.3 Å². The molecule has 1 amide bonds. The summed E-state index contributed by atoms with van der Waals surface area (Å²) in [5.41, 5.74) is 2.11. The van der Waals surface area contributed by atoms with Crippen molar-refractivity contribution in [2.24, 2.45) is 0 Å². The fourth-order valence-corrected chi connectivity index (χ4v) is 2.37. The molecule has 0 spiro atoms. The summed E-state index contributed by atoms with van der Waals surface area (Å²) < 4.78 is 0. The van der Waals surface area contributed by atoms with Gasteiger partial charge in [0, 0.05) is 30.5 Å². The summed E-state index contributed by atoms with van der Waals surface area (Å²) in [4.78, 5) is 22.9. The van der Waals surface area contributed by atoms with E-state index in [9.17, 15) is 4.79 Å². The average molecular weight is 282 g/mol. The molecule has 0 aliphatic carbocycles. The maximum atomic E-state index is 12.2. The number of nitrogens with one attached hydrogen (secondary N) is 1. The molecule has 1 aliphatic heterocycles. The zero-order chi connectivity index (χ0) is 14.7. The SMILES string of the molecule is CN1CC[C@H]1CNC(=O)c1cccc(-c2cccnc2)n1. The summed E-state index contributed by atoms with van der Waals surface area (Å²) in [5, 5.41) is 2.95. The van der Waals surface area contributed by atoms with Crippen LogP contribution < -0.4 is 5.32 Å². The lowest BCUT2D eigenvalue weighted by molar-refractivity contribution is 0.0880. The Morgan fingerprint density at radius 2 is 2.29 bits per heavy atom. The quantitative estimate of drug-likeness (QED) is 0.925. The number of hydrogen-bond donors (Lipinski definition) is 1. The highest BCUT2D eigenvalue weighted by Crippen LogP contribution is 2.16. The first-order valence-corrected chi connectivity index (χ1v) is 7.10. The van der Waals surface area contributed by atoms with Crippen LogP contribution in [0.5, 0.6) is 0 Å². The normalized spacial score (nSPS) is 18.0. The molecule has 0 aromatic carbocycles. The van der Waals surface area contributed by atoms with Gasteiger partial charge in [-0.25, -0.2) is 4.98 Å². The molecule has 21 heavy (non-hydrogen) atoms. The minimum atomic E-state index is -0.124. The number of hydrogen-bond acceptors (Lipinski definition) is 4. The molecule has 3 rings (SSSR count). The van der Waals surface area contributed by atoms with Gasteiger partial charge in [-0.1, -0.05) is 6.07 Å². The predicted octanol–water partition coefficient (Wildman–Crippen LogP) is 1.58. The number of amides is 1. The van der Waals surface area contributed by atoms with Gasteiger partial charge in [-0.3, -0.25) is 9.78 Å². The third-order valence-corrected chi connectivity index (χ3v) is 3.88. The molecule has 108 valence electrons. The Hall–Kier alpha value is -2.27. The molecule has 1 saturated heterocycles. The van der Waals surface area contributed by atoms with Crippen molar-refractivity contribution >= 4 is 5.91 Å². The van der Waals surface area contributed by atoms with Crippen LogP contribution in [0.25, 0.3) is 11.3 Å². The zero-order valence-corrected chi connectivity index (χ0v) is 12.0. The highest BCUT2D eigenvalue weighted by molar-refractivity contribution is 5.92. The van der Waals surface area contributed by atoms with Gasteiger partial charge in [0.2, 0.25) is 0 Å². The van der Waals surface area contributed by atoms with Crippen molar-refractivity contribution in [3.05, 3.63) is 48.4 Å². The van der Waals surface area contributed by atoms with Crippen molar-refractivity contribution in [3.8, 4) is 11.3 Å². The molecule has 2 aromatic heterocycles. The molecule has 0 radical (unpaired) electrons. The molecule has 5 nitrogen and oxygen atoms in total. The zero-order valence-electron chi connectivity index (χ0n) is 12.0. The number of aromatic nitrogens is 2. The monoisotopic (exact) mass is 282 g/mol. The maximum Gasteiger partial charge on any atom is 0.269 e. The lowest BCUT2D eigenvalue weighted by Gasteiger charge is -2.37. The molecular formula is C16H18N4O. The van der Waals surface area contributed by atoms with Crippen LogP contribution in [0.3, 0.4) is 0 Å². The predicted molar refractivity (Wildman–Crippen MR) is 80.8 cm³/mol. The molecule has 1 N–H and O–H groups in total. The summed E-state index contributed by atoms with van der Waals surface area (Å²) in [6.07, 6.45) is 4.60. The van der Waals surface area contributed by atoms with Crippen molar-refractivity contribution in [2.45, 2.75) is 12.5 Å². The Bertz CT molecular complexity index is 629. The topological polar surface area (TPSA) is 58.1 Å². The van der Waals surface area contributed by atoms with Crippen molar-refractivity contribution in [3.63, 3.8) is 0 Å². The van der Waals surface area contributed by atoms with E-state index in [-0.39, 0.29) is 5.91 Å². The molecular weight excluding hydrogens is 264 g/mol. The number of pyridine rings is 2. The van der Waals surface area contributed by atoms with E-state index in [0.29, 0.717) is 18.3 Å². The van der Waals surface area contributed by atoms with Gasteiger partial charge in [0.1, 0.15) is 5.69 Å². The van der Waals surface area contributed by atoms with Gasteiger partial charge in [0.15, 0.2) is 0 Å². The van der Waals surface area contributed by atoms with Gasteiger partial charge in [0.25, 0.3) is 5.91 Å². The fraction of sp³-hybridized carbons (Fsp3) is 0.312. The van der Waals surface area contributed by atoms with Gasteiger partial charge in [0.05, 0.1) is 5.69 Å². The van der Waals surface area contributed by atoms with Gasteiger partial charge in [-0.2, -0.15) is 0 Å². The van der Waals surface area contributed by atoms with Gasteiger partial charge in [-0.15, -0.1) is 0 Å². The second-order valence-corrected chi connectivity index (χ2v) is 5.28. The van der Waals surface area contributed by atoms with Gasteiger partial charge in [-0.05, 0) is 44.3 Å². The fourth-order valence-electron chi connectivity index (χ4n) is 2.37. The van der Waals surface area contributed by atoms with Gasteiger partial charge < -0.3 is 10.2 Å². The van der Waals surface area contributed by atoms with E-state index in [4.69, 9.17) is 0 Å². The smallest absolute Gasteiger partial charge is 0.269 e. The minimum absolute atomic E-state index is 0.124. The van der Waals surface area contributed by atoms with E-state index >= 15 is 0 Å². The Balaban J connectivity index is 1.69. The van der Waals surface area contributed by atoms with E-state index in [0.717, 1.165) is 24.2 Å². The summed E-state index contributed by atoms with van der Waals surface area (Å²) in [7, 11) is 2.07. The van der Waals surface area contributed by atoms with E-state index < -0.39 is 0 Å². The second-order valence-electron chi connectivity index (χ2n) is 5.28. The Morgan fingerprint density at radius 3 is 2.95 bits per heavy atom. The van der Waals surface area contributed by atoms with Crippen molar-refractivity contribution in [2.75, 3.05) is 20.1 Å². The Morgan fingerprint density at radius 1 is 1.38 bits per heavy atom. The standard InChI is InChI=1S/C16H18N4O/c1-20-9-7-13(20)11-18-16(21)15-6-2-5-14(19-15)12-4-3-8-17-10-12/h2-6,8,10,13H,7,9,11H2,1H3,(H,18,21)/t13-/m0/s1. The number of likely N-dealkylation sites (N-methyl/N-ethyl adjacent to an activating group) is 1. The second kappa shape index (κ2) is 6.01. The van der Waals surface area contributed by atoms with Crippen molar-refractivity contribution < 1.29 is 4.79 Å². The molecule has 0 unspecified atom stereocenters. The van der Waals surface area contributed by atoms with Crippen LogP contribution in [0.4, 0.5) is 0 Å². The van der Waals surface area contributed by atoms with Crippen LogP contribution in [0.2, 0.25) is 0 Å². The third kappa shape index (κ3) is 3.08. The highest BCUT2D eigenvalue weighted by Gasteiger charge is 2.24. The lowest BCUT2D eigenvalue weighted by atomic mass is 10.0. The highest BCUT2D eigenvalue weighted by atomic mass is 16.1. The molecule has 2 aromatic rings. The number of nitrogens with zero attached hydrogens (tertiary/aromatic N) is 3. The van der Waals surface area contributed by atoms with Gasteiger partial charge >= 0.3 is 0 Å². The maximum absolute atomic E-state index is 12.2. The summed E-state index contributed by atoms with van der Waals surface area (Å²) in [6.45, 7) is 1.78. The number of likely N-dealkylation sites (tertiary alicyclic amines) is 1.